The van der Waals surface area contributed by atoms with Gasteiger partial charge in [-0.3, -0.25) is 0 Å². The zero-order chi connectivity index (χ0) is 13.7. The predicted molar refractivity (Wildman–Crippen MR) is 81.6 cm³/mol. The Balaban J connectivity index is 2.09. The van der Waals surface area contributed by atoms with Crippen LogP contribution in [0.5, 0.6) is 0 Å². The lowest BCUT2D eigenvalue weighted by Crippen LogP contribution is -2.11. The van der Waals surface area contributed by atoms with Gasteiger partial charge in [0.15, 0.2) is 0 Å². The molecule has 19 heavy (non-hydrogen) atoms. The van der Waals surface area contributed by atoms with Gasteiger partial charge in [-0.25, -0.2) is 0 Å². The molecule has 0 aliphatic carbocycles. The summed E-state index contributed by atoms with van der Waals surface area (Å²) in [6, 6.07) is 4.18. The molecule has 0 radical (unpaired) electrons. The van der Waals surface area contributed by atoms with E-state index in [1.165, 1.54) is 5.56 Å². The van der Waals surface area contributed by atoms with Crippen molar-refractivity contribution in [2.45, 2.75) is 26.3 Å². The summed E-state index contributed by atoms with van der Waals surface area (Å²) in [4.78, 5) is 8.37. The highest BCUT2D eigenvalue weighted by Gasteiger charge is 2.08. The second kappa shape index (κ2) is 6.38. The number of anilines is 3. The number of nitrogens with one attached hydrogen (secondary N) is 2. The van der Waals surface area contributed by atoms with Crippen molar-refractivity contribution in [3.8, 4) is 0 Å². The average Bonchev–Trinajstić information content (AvgIpc) is 2.89. The van der Waals surface area contributed by atoms with Crippen LogP contribution in [0.25, 0.3) is 0 Å². The molecule has 0 aliphatic heterocycles. The first-order valence-corrected chi connectivity index (χ1v) is 7.30. The van der Waals surface area contributed by atoms with Gasteiger partial charge in [-0.2, -0.15) is 21.3 Å². The largest absolute Gasteiger partial charge is 0.370 e. The van der Waals surface area contributed by atoms with E-state index < -0.39 is 0 Å². The molecular weight excluding hydrogens is 258 g/mol. The minimum absolute atomic E-state index is 0.194. The molecule has 0 saturated carbocycles. The molecule has 2 heterocycles. The highest BCUT2D eigenvalue weighted by atomic mass is 32.1. The van der Waals surface area contributed by atoms with Gasteiger partial charge in [0.25, 0.3) is 0 Å². The van der Waals surface area contributed by atoms with Gasteiger partial charge in [-0.15, -0.1) is 0 Å². The fourth-order valence-electron chi connectivity index (χ4n) is 1.71. The van der Waals surface area contributed by atoms with Crippen molar-refractivity contribution in [2.24, 2.45) is 0 Å². The van der Waals surface area contributed by atoms with E-state index in [0.29, 0.717) is 0 Å². The zero-order valence-corrected chi connectivity index (χ0v) is 12.0. The van der Waals surface area contributed by atoms with Crippen LogP contribution in [0, 0.1) is 0 Å². The molecule has 0 fully saturated rings. The Morgan fingerprint density at radius 1 is 1.37 bits per heavy atom. The number of hydrogen-bond acceptors (Lipinski definition) is 6. The molecule has 0 saturated heterocycles. The SMILES string of the molecule is CCCNc1cc(NC(C)c2ccsc2)nc(N)n1. The fourth-order valence-corrected chi connectivity index (χ4v) is 2.46. The smallest absolute Gasteiger partial charge is 0.223 e. The maximum Gasteiger partial charge on any atom is 0.223 e. The highest BCUT2D eigenvalue weighted by molar-refractivity contribution is 7.07. The van der Waals surface area contributed by atoms with Crippen molar-refractivity contribution < 1.29 is 0 Å². The second-order valence-corrected chi connectivity index (χ2v) is 5.13. The van der Waals surface area contributed by atoms with E-state index in [1.54, 1.807) is 11.3 Å². The summed E-state index contributed by atoms with van der Waals surface area (Å²) in [5.74, 6) is 1.78. The van der Waals surface area contributed by atoms with E-state index in [9.17, 15) is 0 Å². The molecule has 6 heteroatoms. The molecule has 0 amide bonds. The van der Waals surface area contributed by atoms with Gasteiger partial charge < -0.3 is 16.4 Å². The monoisotopic (exact) mass is 277 g/mol. The summed E-state index contributed by atoms with van der Waals surface area (Å²) in [6.07, 6.45) is 1.04. The predicted octanol–water partition coefficient (Wildman–Crippen LogP) is 3.12. The molecule has 0 spiro atoms. The Labute approximate surface area is 117 Å². The summed E-state index contributed by atoms with van der Waals surface area (Å²) in [7, 11) is 0. The quantitative estimate of drug-likeness (QED) is 0.756. The average molecular weight is 277 g/mol. The third kappa shape index (κ3) is 3.82. The normalized spacial score (nSPS) is 12.1. The Bertz CT molecular complexity index is 512. The number of nitrogen functional groups attached to an aromatic ring is 1. The molecule has 0 aromatic carbocycles. The van der Waals surface area contributed by atoms with Crippen LogP contribution in [-0.2, 0) is 0 Å². The van der Waals surface area contributed by atoms with Gasteiger partial charge in [-0.1, -0.05) is 6.92 Å². The molecule has 0 aliphatic rings. The zero-order valence-electron chi connectivity index (χ0n) is 11.2. The number of rotatable bonds is 6. The maximum atomic E-state index is 5.73. The van der Waals surface area contributed by atoms with Crippen LogP contribution >= 0.6 is 11.3 Å². The van der Waals surface area contributed by atoms with Crippen LogP contribution in [0.2, 0.25) is 0 Å². The Hall–Kier alpha value is -1.82. The van der Waals surface area contributed by atoms with Crippen LogP contribution < -0.4 is 16.4 Å². The lowest BCUT2D eigenvalue weighted by atomic mass is 10.2. The van der Waals surface area contributed by atoms with E-state index in [2.05, 4.69) is 51.3 Å². The third-order valence-electron chi connectivity index (χ3n) is 2.71. The number of hydrogen-bond donors (Lipinski definition) is 3. The topological polar surface area (TPSA) is 75.9 Å². The van der Waals surface area contributed by atoms with Crippen molar-refractivity contribution in [3.05, 3.63) is 28.5 Å². The number of nitrogens with two attached hydrogens (primary N) is 1. The van der Waals surface area contributed by atoms with Gasteiger partial charge in [0.1, 0.15) is 11.6 Å². The minimum Gasteiger partial charge on any atom is -0.370 e. The number of nitrogens with zero attached hydrogens (tertiary/aromatic N) is 2. The lowest BCUT2D eigenvalue weighted by Gasteiger charge is -2.14. The first kappa shape index (κ1) is 13.6. The molecular formula is C13H19N5S. The Morgan fingerprint density at radius 3 is 2.84 bits per heavy atom. The van der Waals surface area contributed by atoms with Crippen molar-refractivity contribution in [1.82, 2.24) is 9.97 Å². The van der Waals surface area contributed by atoms with E-state index in [0.717, 1.165) is 24.6 Å². The van der Waals surface area contributed by atoms with E-state index in [4.69, 9.17) is 5.73 Å². The summed E-state index contributed by atoms with van der Waals surface area (Å²) >= 11 is 1.69. The molecule has 4 N–H and O–H groups in total. The van der Waals surface area contributed by atoms with Crippen molar-refractivity contribution in [2.75, 3.05) is 22.9 Å². The summed E-state index contributed by atoms with van der Waals surface area (Å²) in [6.45, 7) is 5.07. The summed E-state index contributed by atoms with van der Waals surface area (Å²) < 4.78 is 0. The van der Waals surface area contributed by atoms with Crippen LogP contribution in [0.3, 0.4) is 0 Å². The van der Waals surface area contributed by atoms with E-state index in [1.807, 2.05) is 6.07 Å². The molecule has 2 aromatic heterocycles. The van der Waals surface area contributed by atoms with Gasteiger partial charge in [0.2, 0.25) is 5.95 Å². The number of thiophene rings is 1. The first-order chi connectivity index (χ1) is 9.19. The minimum atomic E-state index is 0.194. The van der Waals surface area contributed by atoms with Crippen molar-refractivity contribution in [3.63, 3.8) is 0 Å². The van der Waals surface area contributed by atoms with Crippen molar-refractivity contribution >= 4 is 28.9 Å². The molecule has 2 aromatic rings. The van der Waals surface area contributed by atoms with Gasteiger partial charge in [0.05, 0.1) is 6.04 Å². The molecule has 2 rings (SSSR count). The fraction of sp³-hybridized carbons (Fsp3) is 0.385. The summed E-state index contributed by atoms with van der Waals surface area (Å²) in [5, 5.41) is 10.7. The van der Waals surface area contributed by atoms with Crippen LogP contribution in [-0.4, -0.2) is 16.5 Å². The Kier molecular flexibility index (Phi) is 4.57. The highest BCUT2D eigenvalue weighted by Crippen LogP contribution is 2.21. The molecule has 5 nitrogen and oxygen atoms in total. The standard InChI is InChI=1S/C13H19N5S/c1-3-5-15-11-7-12(18-13(14)17-11)16-9(2)10-4-6-19-8-10/h4,6-9H,3,5H2,1-2H3,(H4,14,15,16,17,18). The van der Waals surface area contributed by atoms with Crippen LogP contribution in [0.15, 0.2) is 22.9 Å². The number of aromatic nitrogens is 2. The maximum absolute atomic E-state index is 5.73. The van der Waals surface area contributed by atoms with Gasteiger partial charge in [-0.05, 0) is 35.7 Å². The van der Waals surface area contributed by atoms with Gasteiger partial charge >= 0.3 is 0 Å². The molecule has 1 unspecified atom stereocenters. The van der Waals surface area contributed by atoms with E-state index in [-0.39, 0.29) is 12.0 Å². The molecule has 0 bridgehead atoms. The van der Waals surface area contributed by atoms with Crippen LogP contribution in [0.1, 0.15) is 31.9 Å². The van der Waals surface area contributed by atoms with Gasteiger partial charge in [0, 0.05) is 12.6 Å². The van der Waals surface area contributed by atoms with E-state index >= 15 is 0 Å². The molecule has 102 valence electrons. The Morgan fingerprint density at radius 2 is 2.16 bits per heavy atom. The molecule has 1 atom stereocenters. The summed E-state index contributed by atoms with van der Waals surface area (Å²) in [5.41, 5.74) is 6.97. The third-order valence-corrected chi connectivity index (χ3v) is 3.41. The van der Waals surface area contributed by atoms with Crippen molar-refractivity contribution in [1.29, 1.82) is 0 Å². The first-order valence-electron chi connectivity index (χ1n) is 6.36. The lowest BCUT2D eigenvalue weighted by molar-refractivity contribution is 0.877. The van der Waals surface area contributed by atoms with Crippen LogP contribution in [0.4, 0.5) is 17.6 Å². The second-order valence-electron chi connectivity index (χ2n) is 4.35.